The number of rotatable bonds is 5. The molecule has 1 saturated heterocycles. The van der Waals surface area contributed by atoms with Crippen LogP contribution in [0, 0.1) is 6.92 Å². The van der Waals surface area contributed by atoms with Crippen molar-refractivity contribution in [1.29, 1.82) is 0 Å². The molecule has 1 amide bonds. The van der Waals surface area contributed by atoms with Crippen molar-refractivity contribution >= 4 is 22.9 Å². The number of aryl methyl sites for hydroxylation is 1. The number of hydrogen-bond donors (Lipinski definition) is 1. The SMILES string of the molecule is Cc1ncc(C(C)NCc2ccc(N3CCCCC3=O)cc2)s1. The van der Waals surface area contributed by atoms with Gasteiger partial charge in [-0.25, -0.2) is 4.98 Å². The summed E-state index contributed by atoms with van der Waals surface area (Å²) in [6.07, 6.45) is 4.74. The second kappa shape index (κ2) is 7.23. The molecule has 0 aliphatic carbocycles. The Morgan fingerprint density at radius 3 is 2.74 bits per heavy atom. The largest absolute Gasteiger partial charge is 0.312 e. The molecule has 1 N–H and O–H groups in total. The summed E-state index contributed by atoms with van der Waals surface area (Å²) in [5.74, 6) is 0.247. The highest BCUT2D eigenvalue weighted by Gasteiger charge is 2.19. The predicted molar refractivity (Wildman–Crippen MR) is 94.8 cm³/mol. The summed E-state index contributed by atoms with van der Waals surface area (Å²) < 4.78 is 0. The number of thiazole rings is 1. The molecular weight excluding hydrogens is 306 g/mol. The monoisotopic (exact) mass is 329 g/mol. The van der Waals surface area contributed by atoms with Crippen LogP contribution in [-0.4, -0.2) is 17.4 Å². The lowest BCUT2D eigenvalue weighted by molar-refractivity contribution is -0.119. The van der Waals surface area contributed by atoms with Gasteiger partial charge in [0.2, 0.25) is 5.91 Å². The van der Waals surface area contributed by atoms with E-state index in [1.54, 1.807) is 11.3 Å². The normalized spacial score (nSPS) is 16.6. The van der Waals surface area contributed by atoms with E-state index in [0.29, 0.717) is 12.5 Å². The lowest BCUT2D eigenvalue weighted by Gasteiger charge is -2.27. The molecule has 1 atom stereocenters. The van der Waals surface area contributed by atoms with E-state index in [1.165, 1.54) is 10.4 Å². The molecule has 1 unspecified atom stereocenters. The number of hydrogen-bond acceptors (Lipinski definition) is 4. The highest BCUT2D eigenvalue weighted by atomic mass is 32.1. The van der Waals surface area contributed by atoms with Crippen LogP contribution in [-0.2, 0) is 11.3 Å². The van der Waals surface area contributed by atoms with Crippen LogP contribution in [0.4, 0.5) is 5.69 Å². The fourth-order valence-electron chi connectivity index (χ4n) is 2.82. The van der Waals surface area contributed by atoms with Crippen LogP contribution in [0.2, 0.25) is 0 Å². The number of benzene rings is 1. The summed E-state index contributed by atoms with van der Waals surface area (Å²) >= 11 is 1.73. The van der Waals surface area contributed by atoms with Crippen LogP contribution in [0.3, 0.4) is 0 Å². The highest BCUT2D eigenvalue weighted by molar-refractivity contribution is 7.11. The zero-order valence-corrected chi connectivity index (χ0v) is 14.5. The first-order valence-electron chi connectivity index (χ1n) is 8.18. The Bertz CT molecular complexity index is 665. The molecule has 0 bridgehead atoms. The minimum atomic E-state index is 0.247. The number of anilines is 1. The van der Waals surface area contributed by atoms with Gasteiger partial charge >= 0.3 is 0 Å². The van der Waals surface area contributed by atoms with Crippen molar-refractivity contribution in [3.63, 3.8) is 0 Å². The summed E-state index contributed by atoms with van der Waals surface area (Å²) in [6.45, 7) is 5.85. The Morgan fingerprint density at radius 2 is 2.09 bits per heavy atom. The summed E-state index contributed by atoms with van der Waals surface area (Å²) in [7, 11) is 0. The third-order valence-corrected chi connectivity index (χ3v) is 5.35. The van der Waals surface area contributed by atoms with Gasteiger partial charge in [0.1, 0.15) is 0 Å². The molecule has 1 aliphatic heterocycles. The summed E-state index contributed by atoms with van der Waals surface area (Å²) in [4.78, 5) is 19.4. The first kappa shape index (κ1) is 16.1. The van der Waals surface area contributed by atoms with Crippen molar-refractivity contribution in [2.45, 2.75) is 45.7 Å². The Kier molecular flexibility index (Phi) is 5.08. The van der Waals surface area contributed by atoms with Crippen LogP contribution in [0.1, 0.15) is 47.7 Å². The summed E-state index contributed by atoms with van der Waals surface area (Å²) in [5, 5.41) is 4.63. The van der Waals surface area contributed by atoms with E-state index in [2.05, 4.69) is 41.5 Å². The second-order valence-electron chi connectivity index (χ2n) is 6.05. The lowest BCUT2D eigenvalue weighted by atomic mass is 10.1. The van der Waals surface area contributed by atoms with Crippen molar-refractivity contribution in [3.05, 3.63) is 45.9 Å². The van der Waals surface area contributed by atoms with E-state index in [4.69, 9.17) is 0 Å². The van der Waals surface area contributed by atoms with E-state index in [1.807, 2.05) is 18.0 Å². The Balaban J connectivity index is 1.58. The maximum Gasteiger partial charge on any atom is 0.226 e. The average Bonchev–Trinajstić information content (AvgIpc) is 3.00. The van der Waals surface area contributed by atoms with E-state index in [0.717, 1.165) is 36.6 Å². The Hall–Kier alpha value is -1.72. The van der Waals surface area contributed by atoms with Crippen molar-refractivity contribution < 1.29 is 4.79 Å². The molecule has 2 heterocycles. The Labute approximate surface area is 141 Å². The molecule has 5 heteroatoms. The molecule has 0 radical (unpaired) electrons. The smallest absolute Gasteiger partial charge is 0.226 e. The zero-order valence-electron chi connectivity index (χ0n) is 13.7. The van der Waals surface area contributed by atoms with Gasteiger partial charge in [-0.3, -0.25) is 4.79 Å². The number of carbonyl (C=O) groups is 1. The number of carbonyl (C=O) groups excluding carboxylic acids is 1. The van der Waals surface area contributed by atoms with Gasteiger partial charge in [-0.1, -0.05) is 12.1 Å². The molecule has 0 saturated carbocycles. The average molecular weight is 329 g/mol. The minimum absolute atomic E-state index is 0.247. The number of nitrogens with zero attached hydrogens (tertiary/aromatic N) is 2. The highest BCUT2D eigenvalue weighted by Crippen LogP contribution is 2.22. The van der Waals surface area contributed by atoms with Gasteiger partial charge < -0.3 is 10.2 Å². The van der Waals surface area contributed by atoms with Gasteiger partial charge in [0.25, 0.3) is 0 Å². The quantitative estimate of drug-likeness (QED) is 0.907. The van der Waals surface area contributed by atoms with Crippen LogP contribution in [0.15, 0.2) is 30.5 Å². The molecule has 1 aliphatic rings. The number of piperidine rings is 1. The molecule has 3 rings (SSSR count). The van der Waals surface area contributed by atoms with Gasteiger partial charge in [-0.05, 0) is 44.4 Å². The van der Waals surface area contributed by atoms with Gasteiger partial charge in [0, 0.05) is 42.3 Å². The van der Waals surface area contributed by atoms with Gasteiger partial charge in [0.05, 0.1) is 5.01 Å². The van der Waals surface area contributed by atoms with E-state index >= 15 is 0 Å². The molecule has 23 heavy (non-hydrogen) atoms. The first-order valence-corrected chi connectivity index (χ1v) is 9.00. The number of amides is 1. The predicted octanol–water partition coefficient (Wildman–Crippen LogP) is 3.82. The summed E-state index contributed by atoms with van der Waals surface area (Å²) in [6, 6.07) is 8.62. The van der Waals surface area contributed by atoms with E-state index < -0.39 is 0 Å². The van der Waals surface area contributed by atoms with Crippen molar-refractivity contribution in [3.8, 4) is 0 Å². The molecule has 0 spiro atoms. The Morgan fingerprint density at radius 1 is 1.30 bits per heavy atom. The van der Waals surface area contributed by atoms with Crippen LogP contribution < -0.4 is 10.2 Å². The van der Waals surface area contributed by atoms with Crippen molar-refractivity contribution in [2.24, 2.45) is 0 Å². The lowest BCUT2D eigenvalue weighted by Crippen LogP contribution is -2.35. The molecule has 1 fully saturated rings. The first-order chi connectivity index (χ1) is 11.1. The van der Waals surface area contributed by atoms with Crippen LogP contribution in [0.5, 0.6) is 0 Å². The molecule has 122 valence electrons. The van der Waals surface area contributed by atoms with Crippen molar-refractivity contribution in [1.82, 2.24) is 10.3 Å². The molecule has 4 nitrogen and oxygen atoms in total. The minimum Gasteiger partial charge on any atom is -0.312 e. The van der Waals surface area contributed by atoms with Crippen LogP contribution >= 0.6 is 11.3 Å². The number of aromatic nitrogens is 1. The molecule has 1 aromatic heterocycles. The topological polar surface area (TPSA) is 45.2 Å². The number of nitrogens with one attached hydrogen (secondary N) is 1. The van der Waals surface area contributed by atoms with Crippen LogP contribution in [0.25, 0.3) is 0 Å². The zero-order chi connectivity index (χ0) is 16.2. The van der Waals surface area contributed by atoms with Gasteiger partial charge in [-0.15, -0.1) is 11.3 Å². The molecular formula is C18H23N3OS. The standard InChI is InChI=1S/C18H23N3OS/c1-13(17-12-20-14(2)23-17)19-11-15-6-8-16(9-7-15)21-10-4-3-5-18(21)22/h6-9,12-13,19H,3-5,10-11H2,1-2H3. The fraction of sp³-hybridized carbons (Fsp3) is 0.444. The van der Waals surface area contributed by atoms with Crippen molar-refractivity contribution in [2.75, 3.05) is 11.4 Å². The fourth-order valence-corrected chi connectivity index (χ4v) is 3.63. The van der Waals surface area contributed by atoms with Gasteiger partial charge in [-0.2, -0.15) is 0 Å². The second-order valence-corrected chi connectivity index (χ2v) is 7.32. The third-order valence-electron chi connectivity index (χ3n) is 4.25. The maximum absolute atomic E-state index is 12.0. The maximum atomic E-state index is 12.0. The van der Waals surface area contributed by atoms with E-state index in [-0.39, 0.29) is 5.91 Å². The third kappa shape index (κ3) is 3.98. The van der Waals surface area contributed by atoms with E-state index in [9.17, 15) is 4.79 Å². The summed E-state index contributed by atoms with van der Waals surface area (Å²) in [5.41, 5.74) is 2.25. The molecule has 2 aromatic rings. The van der Waals surface area contributed by atoms with Gasteiger partial charge in [0.15, 0.2) is 0 Å². The molecule has 1 aromatic carbocycles.